The molecule has 0 aromatic heterocycles. The number of hydrogen-bond acceptors (Lipinski definition) is 4. The molecule has 1 aromatic carbocycles. The average Bonchev–Trinajstić information content (AvgIpc) is 2.77. The third-order valence-corrected chi connectivity index (χ3v) is 2.85. The van der Waals surface area contributed by atoms with E-state index < -0.39 is 4.92 Å². The summed E-state index contributed by atoms with van der Waals surface area (Å²) < 4.78 is 0. The Hall–Kier alpha value is -1.91. The Labute approximate surface area is 92.8 Å². The van der Waals surface area contributed by atoms with Gasteiger partial charge in [0, 0.05) is 24.4 Å². The predicted octanol–water partition coefficient (Wildman–Crippen LogP) is 1.76. The minimum atomic E-state index is -0.426. The Morgan fingerprint density at radius 1 is 1.38 bits per heavy atom. The third-order valence-electron chi connectivity index (χ3n) is 2.85. The predicted molar refractivity (Wildman–Crippen MR) is 59.5 cm³/mol. The van der Waals surface area contributed by atoms with Crippen LogP contribution in [0.5, 0.6) is 0 Å². The fourth-order valence-corrected chi connectivity index (χ4v) is 2.02. The highest BCUT2D eigenvalue weighted by molar-refractivity contribution is 5.67. The molecule has 5 nitrogen and oxygen atoms in total. The van der Waals surface area contributed by atoms with Crippen molar-refractivity contribution in [1.82, 2.24) is 0 Å². The van der Waals surface area contributed by atoms with Crippen LogP contribution in [0.1, 0.15) is 12.8 Å². The quantitative estimate of drug-likeness (QED) is 0.442. The van der Waals surface area contributed by atoms with E-state index in [4.69, 9.17) is 0 Å². The number of anilines is 1. The van der Waals surface area contributed by atoms with Crippen molar-refractivity contribution in [3.63, 3.8) is 0 Å². The summed E-state index contributed by atoms with van der Waals surface area (Å²) in [4.78, 5) is 22.9. The molecule has 1 aromatic rings. The molecular formula is C11H12N2O3. The van der Waals surface area contributed by atoms with E-state index >= 15 is 0 Å². The zero-order valence-corrected chi connectivity index (χ0v) is 8.70. The van der Waals surface area contributed by atoms with E-state index in [9.17, 15) is 14.9 Å². The van der Waals surface area contributed by atoms with Gasteiger partial charge in [-0.15, -0.1) is 0 Å². The van der Waals surface area contributed by atoms with Gasteiger partial charge in [-0.1, -0.05) is 0 Å². The summed E-state index contributed by atoms with van der Waals surface area (Å²) in [5.41, 5.74) is 0.950. The number of nitro benzene ring substituents is 1. The molecular weight excluding hydrogens is 208 g/mol. The largest absolute Gasteiger partial charge is 0.362 e. The first-order valence-electron chi connectivity index (χ1n) is 5.19. The van der Waals surface area contributed by atoms with Crippen molar-refractivity contribution in [2.24, 2.45) is 0 Å². The highest BCUT2D eigenvalue weighted by Crippen LogP contribution is 2.26. The van der Waals surface area contributed by atoms with E-state index in [2.05, 4.69) is 0 Å². The Kier molecular flexibility index (Phi) is 2.85. The van der Waals surface area contributed by atoms with Gasteiger partial charge in [-0.05, 0) is 25.0 Å². The van der Waals surface area contributed by atoms with Gasteiger partial charge in [0.15, 0.2) is 0 Å². The van der Waals surface area contributed by atoms with E-state index in [1.54, 1.807) is 12.1 Å². The van der Waals surface area contributed by atoms with Gasteiger partial charge in [-0.25, -0.2) is 0 Å². The van der Waals surface area contributed by atoms with Crippen molar-refractivity contribution in [3.8, 4) is 0 Å². The summed E-state index contributed by atoms with van der Waals surface area (Å²) in [5.74, 6) is 0. The standard InChI is InChI=1S/C11H12N2O3/c14-8-11-2-1-7-12(11)9-3-5-10(6-4-9)13(15)16/h3-6,8,11H,1-2,7H2/t11-/m0/s1. The average molecular weight is 220 g/mol. The fraction of sp³-hybridized carbons (Fsp3) is 0.364. The van der Waals surface area contributed by atoms with Crippen LogP contribution in [0.3, 0.4) is 0 Å². The molecule has 1 saturated heterocycles. The number of non-ortho nitro benzene ring substituents is 1. The molecule has 0 saturated carbocycles. The maximum Gasteiger partial charge on any atom is 0.269 e. The molecule has 84 valence electrons. The summed E-state index contributed by atoms with van der Waals surface area (Å²) in [6, 6.07) is 6.24. The zero-order chi connectivity index (χ0) is 11.5. The monoisotopic (exact) mass is 220 g/mol. The van der Waals surface area contributed by atoms with Crippen molar-refractivity contribution in [1.29, 1.82) is 0 Å². The highest BCUT2D eigenvalue weighted by atomic mass is 16.6. The Balaban J connectivity index is 2.21. The molecule has 16 heavy (non-hydrogen) atoms. The SMILES string of the molecule is O=C[C@@H]1CCCN1c1ccc([N+](=O)[O-])cc1. The molecule has 1 fully saturated rings. The van der Waals surface area contributed by atoms with Crippen LogP contribution in [-0.4, -0.2) is 23.8 Å². The minimum Gasteiger partial charge on any atom is -0.362 e. The topological polar surface area (TPSA) is 63.5 Å². The second kappa shape index (κ2) is 4.30. The Morgan fingerprint density at radius 2 is 2.06 bits per heavy atom. The number of hydrogen-bond donors (Lipinski definition) is 0. The number of carbonyl (C=O) groups excluding carboxylic acids is 1. The van der Waals surface area contributed by atoms with Gasteiger partial charge in [0.25, 0.3) is 5.69 Å². The maximum atomic E-state index is 10.8. The number of nitrogens with zero attached hydrogens (tertiary/aromatic N) is 2. The van der Waals surface area contributed by atoms with E-state index in [1.165, 1.54) is 12.1 Å². The summed E-state index contributed by atoms with van der Waals surface area (Å²) in [7, 11) is 0. The normalized spacial score (nSPS) is 19.8. The number of benzene rings is 1. The van der Waals surface area contributed by atoms with Gasteiger partial charge >= 0.3 is 0 Å². The summed E-state index contributed by atoms with van der Waals surface area (Å²) in [6.45, 7) is 0.835. The van der Waals surface area contributed by atoms with Crippen molar-refractivity contribution >= 4 is 17.7 Å². The summed E-state index contributed by atoms with van der Waals surface area (Å²) in [6.07, 6.45) is 2.79. The smallest absolute Gasteiger partial charge is 0.269 e. The van der Waals surface area contributed by atoms with Gasteiger partial charge < -0.3 is 9.69 Å². The number of nitro groups is 1. The second-order valence-electron chi connectivity index (χ2n) is 3.81. The Morgan fingerprint density at radius 3 is 2.62 bits per heavy atom. The van der Waals surface area contributed by atoms with Crippen LogP contribution in [0.2, 0.25) is 0 Å². The zero-order valence-electron chi connectivity index (χ0n) is 8.70. The summed E-state index contributed by atoms with van der Waals surface area (Å²) >= 11 is 0. The molecule has 1 aliphatic heterocycles. The lowest BCUT2D eigenvalue weighted by molar-refractivity contribution is -0.384. The number of rotatable bonds is 3. The summed E-state index contributed by atoms with van der Waals surface area (Å²) in [5, 5.41) is 10.5. The molecule has 2 rings (SSSR count). The van der Waals surface area contributed by atoms with Gasteiger partial charge in [-0.3, -0.25) is 10.1 Å². The molecule has 0 spiro atoms. The molecule has 0 N–H and O–H groups in total. The molecule has 0 aliphatic carbocycles. The first-order valence-corrected chi connectivity index (χ1v) is 5.19. The van der Waals surface area contributed by atoms with Gasteiger partial charge in [-0.2, -0.15) is 0 Å². The lowest BCUT2D eigenvalue weighted by atomic mass is 10.2. The molecule has 5 heteroatoms. The van der Waals surface area contributed by atoms with E-state index in [1.807, 2.05) is 4.90 Å². The first-order chi connectivity index (χ1) is 7.72. The molecule has 0 bridgehead atoms. The van der Waals surface area contributed by atoms with Crippen molar-refractivity contribution in [2.75, 3.05) is 11.4 Å². The molecule has 1 heterocycles. The second-order valence-corrected chi connectivity index (χ2v) is 3.81. The van der Waals surface area contributed by atoms with Crippen LogP contribution in [0.4, 0.5) is 11.4 Å². The van der Waals surface area contributed by atoms with Crippen LogP contribution in [0, 0.1) is 10.1 Å². The molecule has 1 atom stereocenters. The fourth-order valence-electron chi connectivity index (χ4n) is 2.02. The van der Waals surface area contributed by atoms with Crippen LogP contribution in [0.15, 0.2) is 24.3 Å². The van der Waals surface area contributed by atoms with Crippen molar-refractivity contribution in [3.05, 3.63) is 34.4 Å². The lowest BCUT2D eigenvalue weighted by Crippen LogP contribution is -2.30. The molecule has 0 amide bonds. The molecule has 0 unspecified atom stereocenters. The van der Waals surface area contributed by atoms with Gasteiger partial charge in [0.2, 0.25) is 0 Å². The Bertz CT molecular complexity index is 402. The third kappa shape index (κ3) is 1.88. The molecule has 1 aliphatic rings. The van der Waals surface area contributed by atoms with E-state index in [-0.39, 0.29) is 11.7 Å². The minimum absolute atomic E-state index is 0.0746. The van der Waals surface area contributed by atoms with Crippen LogP contribution >= 0.6 is 0 Å². The number of carbonyl (C=O) groups is 1. The van der Waals surface area contributed by atoms with Crippen LogP contribution in [0.25, 0.3) is 0 Å². The van der Waals surface area contributed by atoms with Gasteiger partial charge in [0.05, 0.1) is 11.0 Å². The van der Waals surface area contributed by atoms with Crippen molar-refractivity contribution in [2.45, 2.75) is 18.9 Å². The number of aldehydes is 1. The van der Waals surface area contributed by atoms with Gasteiger partial charge in [0.1, 0.15) is 6.29 Å². The lowest BCUT2D eigenvalue weighted by Gasteiger charge is -2.22. The molecule has 0 radical (unpaired) electrons. The van der Waals surface area contributed by atoms with E-state index in [0.717, 1.165) is 31.4 Å². The van der Waals surface area contributed by atoms with E-state index in [0.29, 0.717) is 0 Å². The van der Waals surface area contributed by atoms with Crippen LogP contribution in [-0.2, 0) is 4.79 Å². The first kappa shape index (κ1) is 10.6. The highest BCUT2D eigenvalue weighted by Gasteiger charge is 2.24. The van der Waals surface area contributed by atoms with Crippen molar-refractivity contribution < 1.29 is 9.72 Å². The maximum absolute atomic E-state index is 10.8. The van der Waals surface area contributed by atoms with Crippen LogP contribution < -0.4 is 4.90 Å².